The van der Waals surface area contributed by atoms with E-state index in [1.165, 1.54) is 0 Å². The molecule has 104 valence electrons. The van der Waals surface area contributed by atoms with Gasteiger partial charge in [0.05, 0.1) is 19.0 Å². The summed E-state index contributed by atoms with van der Waals surface area (Å²) >= 11 is 0. The second-order valence-electron chi connectivity index (χ2n) is 4.94. The van der Waals surface area contributed by atoms with Crippen molar-refractivity contribution < 1.29 is 14.9 Å². The normalized spacial score (nSPS) is 27.8. The summed E-state index contributed by atoms with van der Waals surface area (Å²) in [6.45, 7) is -0.222. The van der Waals surface area contributed by atoms with Crippen LogP contribution in [0.2, 0.25) is 0 Å². The molecule has 20 heavy (non-hydrogen) atoms. The van der Waals surface area contributed by atoms with Gasteiger partial charge < -0.3 is 14.9 Å². The molecular formula is C12H13N5O3. The number of ether oxygens (including phenoxy) is 1. The zero-order valence-electron chi connectivity index (χ0n) is 10.5. The quantitative estimate of drug-likeness (QED) is 0.572. The van der Waals surface area contributed by atoms with Crippen molar-refractivity contribution in [1.82, 2.24) is 19.1 Å². The van der Waals surface area contributed by atoms with Crippen LogP contribution in [0.5, 0.6) is 0 Å². The first-order valence-corrected chi connectivity index (χ1v) is 6.35. The maximum atomic E-state index is 9.83. The van der Waals surface area contributed by atoms with Crippen LogP contribution >= 0.6 is 0 Å². The molecule has 2 aromatic heterocycles. The highest BCUT2D eigenvalue weighted by atomic mass is 16.5. The molecule has 0 radical (unpaired) electrons. The summed E-state index contributed by atoms with van der Waals surface area (Å²) in [5, 5.41) is 26.9. The molecule has 0 amide bonds. The molecule has 2 aliphatic rings. The van der Waals surface area contributed by atoms with E-state index in [1.807, 2.05) is 16.8 Å². The fraction of sp³-hybridized carbons (Fsp3) is 0.417. The Morgan fingerprint density at radius 2 is 2.35 bits per heavy atom. The molecule has 4 rings (SSSR count). The molecule has 0 unspecified atom stereocenters. The number of nitrogens with zero attached hydrogens (tertiary/aromatic N) is 4. The van der Waals surface area contributed by atoms with Gasteiger partial charge >= 0.3 is 0 Å². The van der Waals surface area contributed by atoms with E-state index in [0.717, 1.165) is 5.65 Å². The first-order valence-electron chi connectivity index (χ1n) is 6.35. The Morgan fingerprint density at radius 1 is 1.50 bits per heavy atom. The van der Waals surface area contributed by atoms with E-state index in [4.69, 9.17) is 15.3 Å². The molecular weight excluding hydrogens is 262 g/mol. The molecule has 0 spiro atoms. The van der Waals surface area contributed by atoms with Gasteiger partial charge in [-0.15, -0.1) is 0 Å². The van der Waals surface area contributed by atoms with E-state index in [0.29, 0.717) is 17.8 Å². The highest BCUT2D eigenvalue weighted by Gasteiger charge is 2.35. The summed E-state index contributed by atoms with van der Waals surface area (Å²) in [4.78, 5) is 8.32. The lowest BCUT2D eigenvalue weighted by molar-refractivity contribution is -0.0432. The number of fused-ring (bicyclic) bond motifs is 3. The van der Waals surface area contributed by atoms with Crippen LogP contribution in [0.3, 0.4) is 0 Å². The molecule has 4 heterocycles. The lowest BCUT2D eigenvalue weighted by Gasteiger charge is -2.19. The van der Waals surface area contributed by atoms with Gasteiger partial charge in [-0.1, -0.05) is 0 Å². The molecule has 0 aliphatic carbocycles. The van der Waals surface area contributed by atoms with Crippen molar-refractivity contribution in [2.24, 2.45) is 0 Å². The molecule has 2 aromatic rings. The van der Waals surface area contributed by atoms with Crippen molar-refractivity contribution in [2.75, 3.05) is 6.61 Å². The Hall–Kier alpha value is -2.03. The molecule has 0 saturated carbocycles. The van der Waals surface area contributed by atoms with Crippen molar-refractivity contribution >= 4 is 23.4 Å². The third-order valence-corrected chi connectivity index (χ3v) is 3.76. The number of imidazole rings is 1. The van der Waals surface area contributed by atoms with Crippen LogP contribution in [-0.2, 0) is 4.74 Å². The highest BCUT2D eigenvalue weighted by molar-refractivity contribution is 5.81. The summed E-state index contributed by atoms with van der Waals surface area (Å²) in [5.41, 5.74) is 1.33. The molecule has 0 bridgehead atoms. The second-order valence-corrected chi connectivity index (χ2v) is 4.94. The van der Waals surface area contributed by atoms with E-state index in [2.05, 4.69) is 9.97 Å². The van der Waals surface area contributed by atoms with Gasteiger partial charge in [0, 0.05) is 12.6 Å². The minimum atomic E-state index is -0.703. The average Bonchev–Trinajstić information content (AvgIpc) is 2.97. The summed E-state index contributed by atoms with van der Waals surface area (Å²) in [6, 6.07) is 0. The molecule has 1 saturated heterocycles. The maximum absolute atomic E-state index is 9.83. The zero-order chi connectivity index (χ0) is 13.9. The van der Waals surface area contributed by atoms with Gasteiger partial charge in [0.2, 0.25) is 0 Å². The van der Waals surface area contributed by atoms with E-state index < -0.39 is 18.4 Å². The molecule has 8 nitrogen and oxygen atoms in total. The van der Waals surface area contributed by atoms with Gasteiger partial charge in [-0.25, -0.2) is 9.97 Å². The molecule has 8 heteroatoms. The van der Waals surface area contributed by atoms with Crippen molar-refractivity contribution in [2.45, 2.75) is 24.9 Å². The first-order chi connectivity index (χ1) is 9.69. The van der Waals surface area contributed by atoms with Gasteiger partial charge in [-0.05, 0) is 6.08 Å². The number of aliphatic hydroxyl groups is 2. The largest absolute Gasteiger partial charge is 0.394 e. The summed E-state index contributed by atoms with van der Waals surface area (Å²) in [5.74, 6) is 0.696. The summed E-state index contributed by atoms with van der Waals surface area (Å²) < 4.78 is 9.25. The van der Waals surface area contributed by atoms with E-state index >= 15 is 0 Å². The van der Waals surface area contributed by atoms with Crippen LogP contribution < -0.4 is 5.49 Å². The smallest absolute Gasteiger partial charge is 0.176 e. The van der Waals surface area contributed by atoms with E-state index in [1.54, 1.807) is 10.9 Å². The predicted molar refractivity (Wildman–Crippen MR) is 68.2 cm³/mol. The minimum Gasteiger partial charge on any atom is -0.394 e. The number of hydrogen-bond acceptors (Lipinski definition) is 6. The van der Waals surface area contributed by atoms with Crippen LogP contribution in [0.1, 0.15) is 18.5 Å². The first kappa shape index (κ1) is 11.8. The van der Waals surface area contributed by atoms with Gasteiger partial charge in [0.25, 0.3) is 0 Å². The summed E-state index contributed by atoms with van der Waals surface area (Å²) in [6.07, 6.45) is 3.94. The number of rotatable bonds is 2. The van der Waals surface area contributed by atoms with Crippen LogP contribution in [-0.4, -0.2) is 48.1 Å². The van der Waals surface area contributed by atoms with E-state index in [9.17, 15) is 5.11 Å². The Bertz CT molecular complexity index is 777. The zero-order valence-corrected chi connectivity index (χ0v) is 10.5. The maximum Gasteiger partial charge on any atom is 0.176 e. The lowest BCUT2D eigenvalue weighted by Crippen LogP contribution is -2.24. The predicted octanol–water partition coefficient (Wildman–Crippen LogP) is -0.706. The van der Waals surface area contributed by atoms with Crippen molar-refractivity contribution in [3.63, 3.8) is 0 Å². The third kappa shape index (κ3) is 1.43. The number of aromatic nitrogens is 4. The monoisotopic (exact) mass is 275 g/mol. The topological polar surface area (TPSA) is 109 Å². The number of hydrogen-bond donors (Lipinski definition) is 3. The van der Waals surface area contributed by atoms with Gasteiger partial charge in [-0.3, -0.25) is 14.5 Å². The highest BCUT2D eigenvalue weighted by Crippen LogP contribution is 2.31. The fourth-order valence-corrected chi connectivity index (χ4v) is 2.67. The number of nitrogens with one attached hydrogen (secondary N) is 1. The Balaban J connectivity index is 1.85. The van der Waals surface area contributed by atoms with Gasteiger partial charge in [0.1, 0.15) is 18.2 Å². The SMILES string of the molecule is N=c1nc2n(c3c1ncn3[C@H]1C[C@H](O)[C@@H](CO)O1)C=C2. The summed E-state index contributed by atoms with van der Waals surface area (Å²) in [7, 11) is 0. The van der Waals surface area contributed by atoms with Crippen LogP contribution in [0.15, 0.2) is 6.33 Å². The molecule has 3 N–H and O–H groups in total. The van der Waals surface area contributed by atoms with Crippen molar-refractivity contribution in [1.29, 1.82) is 5.41 Å². The molecule has 1 fully saturated rings. The standard InChI is InChI=1S/C12H13N5O3/c13-11-10-12(16-2-1-8(16)15-11)17(5-14-10)9-3-6(19)7(4-18)20-9/h1-2,5-7,9,13,18-19H,3-4H2/t6-,7+,9+/m0/s1. The molecule has 2 aliphatic heterocycles. The minimum absolute atomic E-state index is 0.117. The number of aliphatic hydroxyl groups excluding tert-OH is 2. The average molecular weight is 275 g/mol. The van der Waals surface area contributed by atoms with Gasteiger partial charge in [0.15, 0.2) is 16.7 Å². The molecule has 3 atom stereocenters. The van der Waals surface area contributed by atoms with Crippen LogP contribution in [0.25, 0.3) is 23.4 Å². The van der Waals surface area contributed by atoms with Crippen molar-refractivity contribution in [3.8, 4) is 0 Å². The Kier molecular flexibility index (Phi) is 2.34. The second kappa shape index (κ2) is 3.98. The lowest BCUT2D eigenvalue weighted by atomic mass is 10.2. The van der Waals surface area contributed by atoms with Crippen molar-refractivity contribution in [3.05, 3.63) is 17.6 Å². The van der Waals surface area contributed by atoms with Crippen LogP contribution in [0, 0.1) is 5.41 Å². The third-order valence-electron chi connectivity index (χ3n) is 3.76. The fourth-order valence-electron chi connectivity index (χ4n) is 2.67. The Labute approximate surface area is 113 Å². The van der Waals surface area contributed by atoms with Crippen LogP contribution in [0.4, 0.5) is 0 Å². The van der Waals surface area contributed by atoms with Gasteiger partial charge in [-0.2, -0.15) is 0 Å². The molecule has 0 aromatic carbocycles. The van der Waals surface area contributed by atoms with E-state index in [-0.39, 0.29) is 12.1 Å². The Morgan fingerprint density at radius 3 is 3.00 bits per heavy atom.